The lowest BCUT2D eigenvalue weighted by molar-refractivity contribution is 0.0971. The smallest absolute Gasteiger partial charge is 0.163 e. The van der Waals surface area contributed by atoms with Crippen LogP contribution in [0.15, 0.2) is 53.6 Å². The highest BCUT2D eigenvalue weighted by atomic mass is 35.5. The number of halogens is 1. The number of nitriles is 2. The van der Waals surface area contributed by atoms with Crippen LogP contribution in [0.25, 0.3) is 10.4 Å². The molecule has 6 nitrogen and oxygen atoms in total. The average Bonchev–Trinajstić information content (AvgIpc) is 2.63. The van der Waals surface area contributed by atoms with Gasteiger partial charge in [-0.05, 0) is 35.4 Å². The van der Waals surface area contributed by atoms with Crippen molar-refractivity contribution in [1.29, 1.82) is 10.5 Å². The second kappa shape index (κ2) is 8.52. The molecule has 2 aromatic carbocycles. The molecule has 0 spiro atoms. The van der Waals surface area contributed by atoms with Crippen molar-refractivity contribution in [3.63, 3.8) is 0 Å². The van der Waals surface area contributed by atoms with Crippen molar-refractivity contribution in [2.24, 2.45) is 11.0 Å². The van der Waals surface area contributed by atoms with Gasteiger partial charge in [0.25, 0.3) is 0 Å². The first kappa shape index (κ1) is 18.0. The molecule has 0 radical (unpaired) electrons. The molecule has 0 N–H and O–H groups in total. The minimum atomic E-state index is -1.05. The van der Waals surface area contributed by atoms with Gasteiger partial charge in [0.05, 0.1) is 12.1 Å². The summed E-state index contributed by atoms with van der Waals surface area (Å²) in [5.41, 5.74) is 9.95. The first-order chi connectivity index (χ1) is 12.1. The van der Waals surface area contributed by atoms with Crippen LogP contribution in [0.1, 0.15) is 28.3 Å². The molecule has 1 atom stereocenters. The Morgan fingerprint density at radius 2 is 1.80 bits per heavy atom. The third kappa shape index (κ3) is 4.37. The van der Waals surface area contributed by atoms with Crippen molar-refractivity contribution in [2.45, 2.75) is 12.3 Å². The van der Waals surface area contributed by atoms with E-state index in [0.717, 1.165) is 0 Å². The highest BCUT2D eigenvalue weighted by Gasteiger charge is 2.28. The van der Waals surface area contributed by atoms with Gasteiger partial charge in [0.15, 0.2) is 5.78 Å². The summed E-state index contributed by atoms with van der Waals surface area (Å²) < 4.78 is 0. The minimum Gasteiger partial charge on any atom is -0.294 e. The molecule has 2 rings (SSSR count). The topological polar surface area (TPSA) is 113 Å². The van der Waals surface area contributed by atoms with E-state index in [0.29, 0.717) is 21.8 Å². The zero-order valence-corrected chi connectivity index (χ0v) is 13.8. The molecule has 0 aliphatic carbocycles. The number of hydrogen-bond acceptors (Lipinski definition) is 4. The fourth-order valence-electron chi connectivity index (χ4n) is 2.51. The summed E-state index contributed by atoms with van der Waals surface area (Å²) in [5.74, 6) is -1.99. The zero-order chi connectivity index (χ0) is 18.2. The van der Waals surface area contributed by atoms with Gasteiger partial charge < -0.3 is 0 Å². The maximum atomic E-state index is 12.6. The molecule has 2 aromatic rings. The number of carbonyl (C=O) groups excluding carboxylic acids is 1. The molecule has 25 heavy (non-hydrogen) atoms. The second-order valence-corrected chi connectivity index (χ2v) is 5.66. The number of carbonyl (C=O) groups is 1. The van der Waals surface area contributed by atoms with E-state index >= 15 is 0 Å². The Kier molecular flexibility index (Phi) is 6.14. The van der Waals surface area contributed by atoms with Crippen molar-refractivity contribution in [2.75, 3.05) is 0 Å². The highest BCUT2D eigenvalue weighted by Crippen LogP contribution is 2.35. The Morgan fingerprint density at radius 1 is 1.16 bits per heavy atom. The molecular formula is C18H12ClN5O. The van der Waals surface area contributed by atoms with E-state index in [9.17, 15) is 15.3 Å². The Bertz CT molecular complexity index is 890. The van der Waals surface area contributed by atoms with Crippen LogP contribution in [0, 0.1) is 28.6 Å². The first-order valence-corrected chi connectivity index (χ1v) is 7.70. The van der Waals surface area contributed by atoms with Crippen LogP contribution in [0.2, 0.25) is 5.02 Å². The minimum absolute atomic E-state index is 0.0641. The number of rotatable bonds is 6. The lowest BCUT2D eigenvalue weighted by Gasteiger charge is -2.19. The quantitative estimate of drug-likeness (QED) is 0.305. The van der Waals surface area contributed by atoms with E-state index in [1.54, 1.807) is 48.5 Å². The Balaban J connectivity index is 2.43. The third-order valence-corrected chi connectivity index (χ3v) is 3.99. The van der Waals surface area contributed by atoms with Crippen molar-refractivity contribution >= 4 is 23.1 Å². The summed E-state index contributed by atoms with van der Waals surface area (Å²) >= 11 is 5.82. The lowest BCUT2D eigenvalue weighted by Crippen LogP contribution is -2.15. The van der Waals surface area contributed by atoms with E-state index in [4.69, 9.17) is 17.1 Å². The Labute approximate surface area is 149 Å². The standard InChI is InChI=1S/C18H12ClN5O/c19-14-7-5-12(6-8-14)18(25)9-16(13(10-20)11-21)15-3-1-2-4-17(15)23-24-22/h1-8,13,16H,9H2. The fraction of sp³-hybridized carbons (Fsp3) is 0.167. The first-order valence-electron chi connectivity index (χ1n) is 7.32. The number of benzene rings is 2. The van der Waals surface area contributed by atoms with Gasteiger partial charge in [-0.1, -0.05) is 41.0 Å². The normalized spacial score (nSPS) is 11.0. The third-order valence-electron chi connectivity index (χ3n) is 3.74. The summed E-state index contributed by atoms with van der Waals surface area (Å²) in [6.07, 6.45) is -0.0641. The van der Waals surface area contributed by atoms with Gasteiger partial charge in [0.2, 0.25) is 0 Å². The molecule has 0 aromatic heterocycles. The number of nitrogens with zero attached hydrogens (tertiary/aromatic N) is 5. The van der Waals surface area contributed by atoms with E-state index in [1.165, 1.54) is 0 Å². The van der Waals surface area contributed by atoms with Gasteiger partial charge in [-0.2, -0.15) is 10.5 Å². The second-order valence-electron chi connectivity index (χ2n) is 5.22. The van der Waals surface area contributed by atoms with Gasteiger partial charge in [0, 0.05) is 33.5 Å². The van der Waals surface area contributed by atoms with Crippen molar-refractivity contribution in [3.05, 3.63) is 75.1 Å². The molecule has 0 fully saturated rings. The van der Waals surface area contributed by atoms with Crippen LogP contribution < -0.4 is 0 Å². The Hall–Kier alpha value is -3.31. The van der Waals surface area contributed by atoms with E-state index in [-0.39, 0.29) is 12.2 Å². The van der Waals surface area contributed by atoms with Crippen molar-refractivity contribution < 1.29 is 4.79 Å². The van der Waals surface area contributed by atoms with Crippen LogP contribution in [-0.4, -0.2) is 5.78 Å². The molecule has 0 saturated carbocycles. The molecule has 122 valence electrons. The summed E-state index contributed by atoms with van der Waals surface area (Å²) in [6, 6.07) is 16.8. The number of Topliss-reactive ketones (excluding diaryl/α,β-unsaturated/α-hetero) is 1. The molecular weight excluding hydrogens is 338 g/mol. The summed E-state index contributed by atoms with van der Waals surface area (Å²) in [4.78, 5) is 15.3. The van der Waals surface area contributed by atoms with Gasteiger partial charge in [-0.15, -0.1) is 0 Å². The summed E-state index contributed by atoms with van der Waals surface area (Å²) in [6.45, 7) is 0. The Morgan fingerprint density at radius 3 is 2.40 bits per heavy atom. The molecule has 7 heteroatoms. The number of hydrogen-bond donors (Lipinski definition) is 0. The predicted octanol–water partition coefficient (Wildman–Crippen LogP) is 5.30. The van der Waals surface area contributed by atoms with Gasteiger partial charge in [0.1, 0.15) is 5.92 Å². The molecule has 0 heterocycles. The monoisotopic (exact) mass is 349 g/mol. The molecule has 0 aliphatic rings. The predicted molar refractivity (Wildman–Crippen MR) is 93.1 cm³/mol. The van der Waals surface area contributed by atoms with Crippen LogP contribution in [0.3, 0.4) is 0 Å². The van der Waals surface area contributed by atoms with Crippen LogP contribution in [0.4, 0.5) is 5.69 Å². The van der Waals surface area contributed by atoms with Gasteiger partial charge in [-0.3, -0.25) is 4.79 Å². The molecule has 0 aliphatic heterocycles. The zero-order valence-electron chi connectivity index (χ0n) is 13.0. The summed E-state index contributed by atoms with van der Waals surface area (Å²) in [7, 11) is 0. The average molecular weight is 350 g/mol. The largest absolute Gasteiger partial charge is 0.294 e. The number of azide groups is 1. The van der Waals surface area contributed by atoms with Gasteiger partial charge in [-0.25, -0.2) is 0 Å². The summed E-state index contributed by atoms with van der Waals surface area (Å²) in [5, 5.41) is 22.7. The van der Waals surface area contributed by atoms with E-state index in [1.807, 2.05) is 12.1 Å². The van der Waals surface area contributed by atoms with E-state index in [2.05, 4.69) is 10.0 Å². The van der Waals surface area contributed by atoms with Crippen LogP contribution in [0.5, 0.6) is 0 Å². The van der Waals surface area contributed by atoms with Gasteiger partial charge >= 0.3 is 0 Å². The van der Waals surface area contributed by atoms with Crippen LogP contribution >= 0.6 is 11.6 Å². The molecule has 0 amide bonds. The lowest BCUT2D eigenvalue weighted by atomic mass is 9.82. The molecule has 0 bridgehead atoms. The maximum absolute atomic E-state index is 12.6. The van der Waals surface area contributed by atoms with Crippen molar-refractivity contribution in [1.82, 2.24) is 0 Å². The van der Waals surface area contributed by atoms with Crippen LogP contribution in [-0.2, 0) is 0 Å². The highest BCUT2D eigenvalue weighted by molar-refractivity contribution is 6.30. The van der Waals surface area contributed by atoms with E-state index < -0.39 is 11.8 Å². The maximum Gasteiger partial charge on any atom is 0.163 e. The SMILES string of the molecule is N#CC(C#N)C(CC(=O)c1ccc(Cl)cc1)c1ccccc1N=[N+]=[N-]. The fourth-order valence-corrected chi connectivity index (χ4v) is 2.64. The number of ketones is 1. The molecule has 1 unspecified atom stereocenters. The van der Waals surface area contributed by atoms with Crippen molar-refractivity contribution in [3.8, 4) is 12.1 Å². The molecule has 0 saturated heterocycles.